The van der Waals surface area contributed by atoms with Crippen molar-refractivity contribution in [3.8, 4) is 0 Å². The van der Waals surface area contributed by atoms with Crippen LogP contribution in [0.4, 0.5) is 0 Å². The van der Waals surface area contributed by atoms with E-state index in [0.717, 1.165) is 0 Å². The zero-order valence-electron chi connectivity index (χ0n) is 12.0. The molecule has 0 aliphatic carbocycles. The number of aromatic nitrogens is 1. The third-order valence-corrected chi connectivity index (χ3v) is 4.29. The van der Waals surface area contributed by atoms with Gasteiger partial charge in [-0.2, -0.15) is 0 Å². The molecule has 0 unspecified atom stereocenters. The van der Waals surface area contributed by atoms with Crippen molar-refractivity contribution in [2.45, 2.75) is 18.7 Å². The van der Waals surface area contributed by atoms with E-state index in [1.807, 2.05) is 6.92 Å². The monoisotopic (exact) mass is 327 g/mol. The van der Waals surface area contributed by atoms with Crippen molar-refractivity contribution >= 4 is 27.3 Å². The Morgan fingerprint density at radius 2 is 2.29 bits per heavy atom. The first-order chi connectivity index (χ1) is 9.90. The first kappa shape index (κ1) is 17.6. The number of aliphatic imine (C=N–C) groups is 1. The van der Waals surface area contributed by atoms with Crippen LogP contribution >= 0.6 is 11.6 Å². The largest absolute Gasteiger partial charge is 0.284 e. The molecule has 0 aliphatic heterocycles. The van der Waals surface area contributed by atoms with Crippen LogP contribution in [0.15, 0.2) is 47.0 Å². The normalized spacial score (nSPS) is 12.8. The van der Waals surface area contributed by atoms with Gasteiger partial charge >= 0.3 is 0 Å². The molecule has 0 fully saturated rings. The Bertz CT molecular complexity index is 667. The lowest BCUT2D eigenvalue weighted by Crippen LogP contribution is -2.29. The van der Waals surface area contributed by atoms with Crippen molar-refractivity contribution in [1.82, 2.24) is 9.71 Å². The number of allylic oxidation sites excluding steroid dienone is 1. The van der Waals surface area contributed by atoms with Crippen LogP contribution < -0.4 is 4.72 Å². The Morgan fingerprint density at radius 1 is 1.57 bits per heavy atom. The highest BCUT2D eigenvalue weighted by Crippen LogP contribution is 2.16. The van der Waals surface area contributed by atoms with Crippen LogP contribution in [0.3, 0.4) is 0 Å². The fourth-order valence-electron chi connectivity index (χ4n) is 1.47. The Kier molecular flexibility index (Phi) is 6.74. The number of aryl methyl sites for hydroxylation is 1. The molecule has 0 aliphatic rings. The van der Waals surface area contributed by atoms with Gasteiger partial charge in [0.25, 0.3) is 0 Å². The quantitative estimate of drug-likeness (QED) is 0.475. The van der Waals surface area contributed by atoms with E-state index >= 15 is 0 Å². The number of nitrogens with one attached hydrogen (secondary N) is 1. The summed E-state index contributed by atoms with van der Waals surface area (Å²) in [5.41, 5.74) is 1.23. The van der Waals surface area contributed by atoms with Crippen molar-refractivity contribution in [3.63, 3.8) is 0 Å². The number of halogens is 1. The molecule has 1 rings (SSSR count). The summed E-state index contributed by atoms with van der Waals surface area (Å²) in [6.45, 7) is 7.65. The summed E-state index contributed by atoms with van der Waals surface area (Å²) in [7, 11) is -3.65. The van der Waals surface area contributed by atoms with E-state index < -0.39 is 10.0 Å². The molecule has 1 heterocycles. The van der Waals surface area contributed by atoms with Gasteiger partial charge in [-0.3, -0.25) is 4.99 Å². The summed E-state index contributed by atoms with van der Waals surface area (Å²) in [6.07, 6.45) is 6.42. The van der Waals surface area contributed by atoms with Gasteiger partial charge in [0.05, 0.1) is 13.1 Å². The second kappa shape index (κ2) is 8.07. The van der Waals surface area contributed by atoms with Gasteiger partial charge in [0, 0.05) is 11.9 Å². The standard InChI is InChI=1S/C14H18ClN3O2S/c1-4-6-12(16-7-5-2)9-18-21(19,20)13-8-11(3)14(15)17-10-13/h4-6,8,10,18H,2,7,9H2,1,3H3. The second-order valence-corrected chi connectivity index (χ2v) is 6.35. The van der Waals surface area contributed by atoms with Gasteiger partial charge in [-0.05, 0) is 31.6 Å². The molecule has 5 nitrogen and oxygen atoms in total. The number of pyridine rings is 1. The Hall–Kier alpha value is -1.50. The van der Waals surface area contributed by atoms with Crippen LogP contribution in [0.5, 0.6) is 0 Å². The van der Waals surface area contributed by atoms with E-state index in [0.29, 0.717) is 17.8 Å². The summed E-state index contributed by atoms with van der Waals surface area (Å²) >= 11 is 5.79. The Labute approximate surface area is 130 Å². The fourth-order valence-corrected chi connectivity index (χ4v) is 2.60. The molecule has 0 aromatic carbocycles. The molecule has 0 spiro atoms. The van der Waals surface area contributed by atoms with E-state index in [2.05, 4.69) is 21.3 Å². The van der Waals surface area contributed by atoms with E-state index in [1.165, 1.54) is 12.3 Å². The van der Waals surface area contributed by atoms with Crippen molar-refractivity contribution in [1.29, 1.82) is 0 Å². The average Bonchev–Trinajstić information content (AvgIpc) is 2.44. The lowest BCUT2D eigenvalue weighted by Gasteiger charge is -2.08. The Morgan fingerprint density at radius 3 is 2.86 bits per heavy atom. The first-order valence-corrected chi connectivity index (χ1v) is 8.15. The van der Waals surface area contributed by atoms with Crippen LogP contribution in [0.1, 0.15) is 12.5 Å². The molecular formula is C14H18ClN3O2S. The maximum atomic E-state index is 12.2. The number of nitrogens with zero attached hydrogens (tertiary/aromatic N) is 2. The van der Waals surface area contributed by atoms with Gasteiger partial charge in [-0.15, -0.1) is 6.58 Å². The molecule has 1 aromatic rings. The summed E-state index contributed by atoms with van der Waals surface area (Å²) in [5, 5.41) is 0.288. The van der Waals surface area contributed by atoms with Crippen LogP contribution in [0.25, 0.3) is 0 Å². The lowest BCUT2D eigenvalue weighted by molar-refractivity contribution is 0.586. The number of hydrogen-bond acceptors (Lipinski definition) is 4. The fraction of sp³-hybridized carbons (Fsp3) is 0.286. The number of rotatable bonds is 7. The molecule has 114 valence electrons. The minimum Gasteiger partial charge on any atom is -0.284 e. The third-order valence-electron chi connectivity index (χ3n) is 2.53. The van der Waals surface area contributed by atoms with E-state index in [1.54, 1.807) is 25.2 Å². The molecule has 0 saturated carbocycles. The summed E-state index contributed by atoms with van der Waals surface area (Å²) < 4.78 is 26.9. The summed E-state index contributed by atoms with van der Waals surface area (Å²) in [4.78, 5) is 8.13. The van der Waals surface area contributed by atoms with Crippen LogP contribution in [0.2, 0.25) is 5.15 Å². The summed E-state index contributed by atoms with van der Waals surface area (Å²) in [6, 6.07) is 1.48. The van der Waals surface area contributed by atoms with Crippen molar-refractivity contribution in [3.05, 3.63) is 47.8 Å². The highest BCUT2D eigenvalue weighted by molar-refractivity contribution is 7.89. The van der Waals surface area contributed by atoms with Gasteiger partial charge in [0.15, 0.2) is 0 Å². The van der Waals surface area contributed by atoms with E-state index in [-0.39, 0.29) is 16.6 Å². The molecule has 0 bridgehead atoms. The highest BCUT2D eigenvalue weighted by atomic mass is 35.5. The summed E-state index contributed by atoms with van der Waals surface area (Å²) in [5.74, 6) is 0. The molecule has 1 N–H and O–H groups in total. The molecule has 0 amide bonds. The predicted octanol–water partition coefficient (Wildman–Crippen LogP) is 2.52. The second-order valence-electron chi connectivity index (χ2n) is 4.22. The number of sulfonamides is 1. The van der Waals surface area contributed by atoms with E-state index in [9.17, 15) is 8.42 Å². The number of hydrogen-bond donors (Lipinski definition) is 1. The Balaban J connectivity index is 2.89. The minimum atomic E-state index is -3.65. The first-order valence-electron chi connectivity index (χ1n) is 6.29. The van der Waals surface area contributed by atoms with Crippen LogP contribution in [-0.4, -0.2) is 32.2 Å². The zero-order valence-corrected chi connectivity index (χ0v) is 13.6. The van der Waals surface area contributed by atoms with Gasteiger partial charge < -0.3 is 0 Å². The molecule has 0 atom stereocenters. The van der Waals surface area contributed by atoms with Crippen LogP contribution in [-0.2, 0) is 10.0 Å². The maximum absolute atomic E-state index is 12.2. The predicted molar refractivity (Wildman–Crippen MR) is 86.5 cm³/mol. The molecule has 1 aromatic heterocycles. The third kappa shape index (κ3) is 5.41. The lowest BCUT2D eigenvalue weighted by atomic mass is 10.3. The molecule has 7 heteroatoms. The van der Waals surface area contributed by atoms with Gasteiger partial charge in [-0.1, -0.05) is 23.8 Å². The highest BCUT2D eigenvalue weighted by Gasteiger charge is 2.15. The van der Waals surface area contributed by atoms with E-state index in [4.69, 9.17) is 11.6 Å². The van der Waals surface area contributed by atoms with Gasteiger partial charge in [-0.25, -0.2) is 18.1 Å². The van der Waals surface area contributed by atoms with Crippen molar-refractivity contribution in [2.75, 3.05) is 13.1 Å². The van der Waals surface area contributed by atoms with Crippen LogP contribution in [0, 0.1) is 6.92 Å². The molecule has 0 radical (unpaired) electrons. The average molecular weight is 328 g/mol. The van der Waals surface area contributed by atoms with Gasteiger partial charge in [0.2, 0.25) is 10.0 Å². The zero-order chi connectivity index (χ0) is 15.9. The van der Waals surface area contributed by atoms with Crippen molar-refractivity contribution < 1.29 is 8.42 Å². The minimum absolute atomic E-state index is 0.0768. The smallest absolute Gasteiger partial charge is 0.242 e. The molecular weight excluding hydrogens is 310 g/mol. The topological polar surface area (TPSA) is 71.4 Å². The molecule has 0 saturated heterocycles. The molecule has 21 heavy (non-hydrogen) atoms. The SMILES string of the molecule is C=CCN=C(C=CC)CNS(=O)(=O)c1cnc(Cl)c(C)c1. The maximum Gasteiger partial charge on any atom is 0.242 e. The van der Waals surface area contributed by atoms with Gasteiger partial charge in [0.1, 0.15) is 10.0 Å². The van der Waals surface area contributed by atoms with Crippen molar-refractivity contribution in [2.24, 2.45) is 4.99 Å².